The maximum absolute atomic E-state index is 13.7. The lowest BCUT2D eigenvalue weighted by Gasteiger charge is -2.17. The highest BCUT2D eigenvalue weighted by Crippen LogP contribution is 2.57. The summed E-state index contributed by atoms with van der Waals surface area (Å²) in [6, 6.07) is 13.4. The number of hydrogen-bond donors (Lipinski definition) is 2. The summed E-state index contributed by atoms with van der Waals surface area (Å²) in [7, 11) is 0. The Kier molecular flexibility index (Phi) is 7.56. The fourth-order valence-corrected chi connectivity index (χ4v) is 5.63. The normalized spacial score (nSPS) is 15.5. The zero-order chi connectivity index (χ0) is 27.9. The van der Waals surface area contributed by atoms with Gasteiger partial charge in [-0.05, 0) is 61.2 Å². The molecule has 2 atom stereocenters. The topological polar surface area (TPSA) is 105 Å². The summed E-state index contributed by atoms with van der Waals surface area (Å²) in [4.78, 5) is 17.1. The first-order chi connectivity index (χ1) is 18.6. The molecule has 202 valence electrons. The minimum absolute atomic E-state index is 0.0402. The molecule has 1 heterocycles. The smallest absolute Gasteiger partial charge is 0.258 e. The number of anilines is 1. The van der Waals surface area contributed by atoms with Gasteiger partial charge in [0.15, 0.2) is 28.5 Å². The van der Waals surface area contributed by atoms with Crippen LogP contribution in [0.25, 0.3) is 11.5 Å². The Balaban J connectivity index is 1.31. The Morgan fingerprint density at radius 2 is 1.77 bits per heavy atom. The minimum Gasteiger partial charge on any atom is -0.334 e. The zero-order valence-electron chi connectivity index (χ0n) is 20.4. The van der Waals surface area contributed by atoms with Gasteiger partial charge in [-0.15, -0.1) is 0 Å². The second-order valence-electron chi connectivity index (χ2n) is 9.33. The van der Waals surface area contributed by atoms with E-state index in [4.69, 9.17) is 27.7 Å². The molecule has 2 N–H and O–H groups in total. The van der Waals surface area contributed by atoms with Crippen molar-refractivity contribution in [2.45, 2.75) is 36.9 Å². The summed E-state index contributed by atoms with van der Waals surface area (Å²) >= 11 is 11.3. The van der Waals surface area contributed by atoms with Crippen molar-refractivity contribution >= 4 is 45.9 Å². The molecule has 0 radical (unpaired) electrons. The predicted molar refractivity (Wildman–Crippen MR) is 144 cm³/mol. The molecule has 1 aliphatic rings. The minimum atomic E-state index is -1.98. The Labute approximate surface area is 234 Å². The molecule has 7 nitrogen and oxygen atoms in total. The van der Waals surface area contributed by atoms with Crippen LogP contribution < -0.4 is 5.32 Å². The van der Waals surface area contributed by atoms with E-state index in [-0.39, 0.29) is 23.8 Å². The van der Waals surface area contributed by atoms with E-state index in [1.807, 2.05) is 0 Å². The summed E-state index contributed by atoms with van der Waals surface area (Å²) < 4.78 is 52.8. The second kappa shape index (κ2) is 10.8. The molecule has 39 heavy (non-hydrogen) atoms. The van der Waals surface area contributed by atoms with Gasteiger partial charge in [0.25, 0.3) is 5.89 Å². The quantitative estimate of drug-likeness (QED) is 0.217. The number of rotatable bonds is 8. The van der Waals surface area contributed by atoms with Crippen molar-refractivity contribution in [1.29, 1.82) is 0 Å². The van der Waals surface area contributed by atoms with Gasteiger partial charge >= 0.3 is 0 Å². The van der Waals surface area contributed by atoms with Crippen LogP contribution in [0.4, 0.5) is 14.5 Å². The summed E-state index contributed by atoms with van der Waals surface area (Å²) in [6.45, 7) is 1.64. The van der Waals surface area contributed by atoms with Crippen LogP contribution in [-0.2, 0) is 27.7 Å². The number of benzene rings is 3. The van der Waals surface area contributed by atoms with Crippen molar-refractivity contribution in [1.82, 2.24) is 10.1 Å². The number of carbonyl (C=O) groups excluding carboxylic acids is 1. The third-order valence-corrected chi connectivity index (χ3v) is 8.16. The van der Waals surface area contributed by atoms with Gasteiger partial charge in [0, 0.05) is 26.9 Å². The molecule has 1 fully saturated rings. The van der Waals surface area contributed by atoms with Gasteiger partial charge in [-0.1, -0.05) is 52.6 Å². The molecule has 0 aliphatic heterocycles. The number of nitrogens with zero attached hydrogens (tertiary/aromatic N) is 2. The van der Waals surface area contributed by atoms with E-state index in [0.29, 0.717) is 45.5 Å². The third-order valence-electron chi connectivity index (χ3n) is 6.69. The molecule has 12 heteroatoms. The fraction of sp³-hybridized carbons (Fsp3) is 0.222. The molecule has 1 amide bonds. The lowest BCUT2D eigenvalue weighted by atomic mass is 9.94. The molecule has 3 aromatic carbocycles. The van der Waals surface area contributed by atoms with Crippen molar-refractivity contribution in [3.63, 3.8) is 0 Å². The average molecular weight is 592 g/mol. The number of carbonyl (C=O) groups is 1. The molecule has 1 aromatic heterocycles. The van der Waals surface area contributed by atoms with Crippen LogP contribution in [0.2, 0.25) is 10.0 Å². The highest BCUT2D eigenvalue weighted by molar-refractivity contribution is 7.79. The molecule has 5 rings (SSSR count). The van der Waals surface area contributed by atoms with Gasteiger partial charge in [0.2, 0.25) is 5.91 Å². The highest BCUT2D eigenvalue weighted by Gasteiger charge is 2.52. The Hall–Kier alpha value is -3.18. The summed E-state index contributed by atoms with van der Waals surface area (Å²) in [6.07, 6.45) is 1.37. The SMILES string of the molecule is CC(c1ccc(CC(=O)Nc2cc(Cl)c(C3(c4noc(-c5ccc(F)c(F)c5)n4)CC3)c(Cl)c2)cc1)S(=O)O. The van der Waals surface area contributed by atoms with Crippen LogP contribution in [0.1, 0.15) is 47.5 Å². The van der Waals surface area contributed by atoms with E-state index in [1.165, 1.54) is 6.07 Å². The van der Waals surface area contributed by atoms with E-state index < -0.39 is 33.4 Å². The fourth-order valence-electron chi connectivity index (χ4n) is 4.39. The molecule has 1 aliphatic carbocycles. The van der Waals surface area contributed by atoms with Crippen molar-refractivity contribution in [3.05, 3.63) is 98.8 Å². The Morgan fingerprint density at radius 1 is 1.10 bits per heavy atom. The van der Waals surface area contributed by atoms with E-state index in [9.17, 15) is 22.3 Å². The molecular weight excluding hydrogens is 571 g/mol. The van der Waals surface area contributed by atoms with E-state index in [0.717, 1.165) is 17.7 Å². The molecule has 1 saturated carbocycles. The molecule has 4 aromatic rings. The first-order valence-electron chi connectivity index (χ1n) is 11.8. The average Bonchev–Trinajstić information content (AvgIpc) is 3.51. The van der Waals surface area contributed by atoms with Gasteiger partial charge in [0.05, 0.1) is 17.1 Å². The summed E-state index contributed by atoms with van der Waals surface area (Å²) in [5, 5.41) is 6.94. The Morgan fingerprint density at radius 3 is 2.36 bits per heavy atom. The first kappa shape index (κ1) is 27.4. The molecular formula is C27H21Cl2F2N3O4S. The second-order valence-corrected chi connectivity index (χ2v) is 11.4. The number of nitrogens with one attached hydrogen (secondary N) is 1. The van der Waals surface area contributed by atoms with Crippen molar-refractivity contribution < 1.29 is 26.9 Å². The molecule has 0 saturated heterocycles. The predicted octanol–water partition coefficient (Wildman–Crippen LogP) is 6.87. The largest absolute Gasteiger partial charge is 0.334 e. The third kappa shape index (κ3) is 5.60. The van der Waals surface area contributed by atoms with Crippen LogP contribution in [0, 0.1) is 11.6 Å². The van der Waals surface area contributed by atoms with Crippen LogP contribution in [0.3, 0.4) is 0 Å². The van der Waals surface area contributed by atoms with Crippen LogP contribution >= 0.6 is 23.2 Å². The highest BCUT2D eigenvalue weighted by atomic mass is 35.5. The maximum Gasteiger partial charge on any atom is 0.258 e. The van der Waals surface area contributed by atoms with Crippen LogP contribution in [0.5, 0.6) is 0 Å². The molecule has 0 spiro atoms. The van der Waals surface area contributed by atoms with Gasteiger partial charge < -0.3 is 14.4 Å². The monoisotopic (exact) mass is 591 g/mol. The van der Waals surface area contributed by atoms with Crippen LogP contribution in [0.15, 0.2) is 59.1 Å². The van der Waals surface area contributed by atoms with Gasteiger partial charge in [-0.25, -0.2) is 13.0 Å². The molecule has 0 bridgehead atoms. The van der Waals surface area contributed by atoms with Crippen molar-refractivity contribution in [2.75, 3.05) is 5.32 Å². The van der Waals surface area contributed by atoms with Gasteiger partial charge in [-0.2, -0.15) is 4.98 Å². The van der Waals surface area contributed by atoms with Crippen molar-refractivity contribution in [3.8, 4) is 11.5 Å². The van der Waals surface area contributed by atoms with Gasteiger partial charge in [-0.3, -0.25) is 4.79 Å². The number of amides is 1. The Bertz CT molecular complexity index is 1570. The molecule has 2 unspecified atom stereocenters. The first-order valence-corrected chi connectivity index (χ1v) is 13.8. The van der Waals surface area contributed by atoms with E-state index in [2.05, 4.69) is 15.5 Å². The standard InChI is InChI=1S/C27H21Cl2F2N3O4S/c1-14(39(36)37)16-4-2-15(3-5-16)10-23(35)32-18-12-19(28)24(20(29)13-18)27(8-9-27)26-33-25(38-34-26)17-6-7-21(30)22(31)11-17/h2-7,11-14H,8-10H2,1H3,(H,32,35)(H,36,37). The zero-order valence-corrected chi connectivity index (χ0v) is 22.7. The van der Waals surface area contributed by atoms with Gasteiger partial charge in [0.1, 0.15) is 0 Å². The lowest BCUT2D eigenvalue weighted by Crippen LogP contribution is -2.16. The lowest BCUT2D eigenvalue weighted by molar-refractivity contribution is -0.115. The maximum atomic E-state index is 13.7. The number of halogens is 4. The van der Waals surface area contributed by atoms with Crippen molar-refractivity contribution in [2.24, 2.45) is 0 Å². The van der Waals surface area contributed by atoms with E-state index in [1.54, 1.807) is 43.3 Å². The number of hydrogen-bond acceptors (Lipinski definition) is 5. The summed E-state index contributed by atoms with van der Waals surface area (Å²) in [5.41, 5.74) is 1.96. The van der Waals surface area contributed by atoms with E-state index >= 15 is 0 Å². The number of aromatic nitrogens is 2. The van der Waals surface area contributed by atoms with Crippen LogP contribution in [-0.4, -0.2) is 24.8 Å². The summed E-state index contributed by atoms with van der Waals surface area (Å²) in [5.74, 6) is -1.93.